The fraction of sp³-hybridized carbons (Fsp3) is 0.250. The van der Waals surface area contributed by atoms with Crippen LogP contribution in [0.5, 0.6) is 11.5 Å². The molecule has 3 fully saturated rings. The van der Waals surface area contributed by atoms with Gasteiger partial charge < -0.3 is 39.6 Å². The Labute approximate surface area is 371 Å². The van der Waals surface area contributed by atoms with E-state index < -0.39 is 53.3 Å². The van der Waals surface area contributed by atoms with Gasteiger partial charge in [-0.3, -0.25) is 19.3 Å². The molecule has 3 saturated heterocycles. The van der Waals surface area contributed by atoms with Crippen LogP contribution in [0.15, 0.2) is 152 Å². The van der Waals surface area contributed by atoms with Crippen molar-refractivity contribution in [3.05, 3.63) is 174 Å². The number of carbonyl (C=O) groups excluding carboxylic acids is 3. The van der Waals surface area contributed by atoms with Crippen molar-refractivity contribution in [3.63, 3.8) is 0 Å². The van der Waals surface area contributed by atoms with Crippen LogP contribution in [-0.2, 0) is 29.3 Å². The van der Waals surface area contributed by atoms with Gasteiger partial charge >= 0.3 is 5.97 Å². The second-order valence-electron chi connectivity index (χ2n) is 16.5. The van der Waals surface area contributed by atoms with E-state index in [1.54, 1.807) is 19.2 Å². The van der Waals surface area contributed by atoms with E-state index in [-0.39, 0.29) is 13.2 Å². The highest BCUT2D eigenvalue weighted by atomic mass is 16.6. The first-order valence-corrected chi connectivity index (χ1v) is 21.6. The topological polar surface area (TPSA) is 139 Å². The Morgan fingerprint density at radius 2 is 1.42 bits per heavy atom. The van der Waals surface area contributed by atoms with E-state index in [1.165, 1.54) is 0 Å². The lowest BCUT2D eigenvalue weighted by Gasteiger charge is -2.46. The Morgan fingerprint density at radius 1 is 0.766 bits per heavy atom. The Hall–Kier alpha value is -6.99. The minimum atomic E-state index is -1.69. The number of methoxy groups -OCH3 is 1. The molecular formula is C52H48N4O8. The van der Waals surface area contributed by atoms with E-state index in [4.69, 9.17) is 18.9 Å². The molecule has 12 heteroatoms. The number of morpholine rings is 2. The third-order valence-electron chi connectivity index (χ3n) is 13.1. The number of rotatable bonds is 11. The smallest absolute Gasteiger partial charge is 0.324 e. The zero-order valence-corrected chi connectivity index (χ0v) is 35.3. The molecule has 4 aliphatic heterocycles. The van der Waals surface area contributed by atoms with E-state index in [1.807, 2.05) is 140 Å². The lowest BCUT2D eigenvalue weighted by molar-refractivity contribution is -0.177. The number of fused-ring (bicyclic) bond motifs is 3. The number of cyclic esters (lactones) is 1. The maximum Gasteiger partial charge on any atom is 0.324 e. The van der Waals surface area contributed by atoms with Gasteiger partial charge in [0.15, 0.2) is 0 Å². The van der Waals surface area contributed by atoms with Gasteiger partial charge in [0.25, 0.3) is 0 Å². The van der Waals surface area contributed by atoms with Crippen molar-refractivity contribution in [1.29, 1.82) is 0 Å². The molecule has 324 valence electrons. The monoisotopic (exact) mass is 856 g/mol. The van der Waals surface area contributed by atoms with Gasteiger partial charge in [-0.05, 0) is 94.0 Å². The fourth-order valence-electron chi connectivity index (χ4n) is 10.3. The summed E-state index contributed by atoms with van der Waals surface area (Å²) < 4.78 is 23.4. The second-order valence-corrected chi connectivity index (χ2v) is 16.5. The molecule has 0 bridgehead atoms. The van der Waals surface area contributed by atoms with E-state index in [0.717, 1.165) is 41.0 Å². The van der Waals surface area contributed by atoms with Crippen LogP contribution in [0, 0.1) is 5.92 Å². The van der Waals surface area contributed by atoms with Gasteiger partial charge in [-0.1, -0.05) is 91.0 Å². The van der Waals surface area contributed by atoms with Crippen molar-refractivity contribution in [3.8, 4) is 22.6 Å². The van der Waals surface area contributed by atoms with Crippen LogP contribution in [0.25, 0.3) is 11.1 Å². The summed E-state index contributed by atoms with van der Waals surface area (Å²) in [5.41, 5.74) is 4.97. The molecule has 0 saturated carbocycles. The standard InChI is InChI=1S/C52H48N4O8/c1-61-40-21-12-33(13-22-40)37-16-25-43-42(32-37)52(51(60)54-43)44(49(58)53-38-17-19-39(20-18-38)55-26-29-62-30-27-55)46-50(59)64-47(35-10-6-3-7-11-35)45(34-8-4-2-5-9-34)56(46)48(52)36-14-23-41(24-15-36)63-31-28-57/h2-25,32,44-48,57H,26-31H2,1H3,(H,53,58)(H,54,60)/t44-,45-,46-,47+,48+,52-/m1/s1. The van der Waals surface area contributed by atoms with Gasteiger partial charge in [-0.2, -0.15) is 0 Å². The third-order valence-corrected chi connectivity index (χ3v) is 13.1. The van der Waals surface area contributed by atoms with E-state index in [0.29, 0.717) is 47.2 Å². The van der Waals surface area contributed by atoms with Crippen molar-refractivity contribution in [1.82, 2.24) is 4.90 Å². The summed E-state index contributed by atoms with van der Waals surface area (Å²) in [5.74, 6) is -1.60. The van der Waals surface area contributed by atoms with Crippen LogP contribution < -0.4 is 25.0 Å². The van der Waals surface area contributed by atoms with E-state index in [2.05, 4.69) is 20.4 Å². The van der Waals surface area contributed by atoms with Crippen LogP contribution in [-0.4, -0.2) is 80.5 Å². The quantitative estimate of drug-likeness (QED) is 0.113. The first-order chi connectivity index (χ1) is 31.4. The molecule has 6 aromatic rings. The summed E-state index contributed by atoms with van der Waals surface area (Å²) >= 11 is 0. The molecule has 0 radical (unpaired) electrons. The number of amides is 2. The lowest BCUT2D eigenvalue weighted by atomic mass is 9.65. The molecule has 0 aliphatic carbocycles. The number of esters is 1. The average Bonchev–Trinajstić information content (AvgIpc) is 3.83. The minimum absolute atomic E-state index is 0.0984. The van der Waals surface area contributed by atoms with Crippen molar-refractivity contribution >= 4 is 34.8 Å². The molecule has 64 heavy (non-hydrogen) atoms. The fourth-order valence-corrected chi connectivity index (χ4v) is 10.3. The Bertz CT molecular complexity index is 2640. The number of benzene rings is 6. The Balaban J connectivity index is 1.20. The van der Waals surface area contributed by atoms with Gasteiger partial charge in [0.05, 0.1) is 44.9 Å². The highest BCUT2D eigenvalue weighted by molar-refractivity contribution is 6.13. The van der Waals surface area contributed by atoms with Gasteiger partial charge in [0, 0.05) is 30.2 Å². The number of anilines is 3. The first kappa shape index (κ1) is 41.0. The molecule has 3 N–H and O–H groups in total. The lowest BCUT2D eigenvalue weighted by Crippen LogP contribution is -2.53. The molecule has 1 spiro atoms. The SMILES string of the molecule is COc1ccc(-c2ccc3c(c2)[C@]2(C(=O)N3)[C@H](c3ccc(OCCO)cc3)N3[C@H](c4ccccc4)[C@H](c4ccccc4)OC(=O)[C@H]3[C@@H]2C(=O)Nc2ccc(N3CCOCC3)cc2)cc1. The van der Waals surface area contributed by atoms with Gasteiger partial charge in [0.2, 0.25) is 11.8 Å². The summed E-state index contributed by atoms with van der Waals surface area (Å²) in [6, 6.07) is 45.1. The molecule has 4 heterocycles. The van der Waals surface area contributed by atoms with E-state index >= 15 is 14.4 Å². The maximum atomic E-state index is 15.7. The first-order valence-electron chi connectivity index (χ1n) is 21.6. The molecular weight excluding hydrogens is 809 g/mol. The van der Waals surface area contributed by atoms with E-state index in [9.17, 15) is 5.11 Å². The molecule has 0 unspecified atom stereocenters. The number of aliphatic hydroxyl groups is 1. The number of nitrogens with one attached hydrogen (secondary N) is 2. The molecule has 4 aliphatic rings. The molecule has 10 rings (SSSR count). The summed E-state index contributed by atoms with van der Waals surface area (Å²) in [6.07, 6.45) is -0.803. The summed E-state index contributed by atoms with van der Waals surface area (Å²) in [4.78, 5) is 50.9. The number of ether oxygens (including phenoxy) is 4. The predicted molar refractivity (Wildman–Crippen MR) is 242 cm³/mol. The highest BCUT2D eigenvalue weighted by Crippen LogP contribution is 2.65. The molecule has 12 nitrogen and oxygen atoms in total. The second kappa shape index (κ2) is 17.3. The van der Waals surface area contributed by atoms with Crippen LogP contribution in [0.3, 0.4) is 0 Å². The number of nitrogens with zero attached hydrogens (tertiary/aromatic N) is 2. The summed E-state index contributed by atoms with van der Waals surface area (Å²) in [6.45, 7) is 2.71. The largest absolute Gasteiger partial charge is 0.497 e. The maximum absolute atomic E-state index is 15.7. The minimum Gasteiger partial charge on any atom is -0.497 e. The molecule has 6 atom stereocenters. The zero-order chi connectivity index (χ0) is 43.8. The molecule has 0 aromatic heterocycles. The van der Waals surface area contributed by atoms with Crippen LogP contribution >= 0.6 is 0 Å². The van der Waals surface area contributed by atoms with Crippen LogP contribution in [0.1, 0.15) is 40.4 Å². The summed E-state index contributed by atoms with van der Waals surface area (Å²) in [5, 5.41) is 15.9. The summed E-state index contributed by atoms with van der Waals surface area (Å²) in [7, 11) is 1.62. The van der Waals surface area contributed by atoms with Gasteiger partial charge in [0.1, 0.15) is 35.7 Å². The van der Waals surface area contributed by atoms with Gasteiger partial charge in [-0.25, -0.2) is 0 Å². The van der Waals surface area contributed by atoms with Gasteiger partial charge in [-0.15, -0.1) is 0 Å². The number of aliphatic hydroxyl groups excluding tert-OH is 1. The van der Waals surface area contributed by atoms with Crippen molar-refractivity contribution in [2.45, 2.75) is 29.6 Å². The Morgan fingerprint density at radius 3 is 2.09 bits per heavy atom. The molecule has 6 aromatic carbocycles. The van der Waals surface area contributed by atoms with Crippen LogP contribution in [0.2, 0.25) is 0 Å². The predicted octanol–water partition coefficient (Wildman–Crippen LogP) is 7.48. The average molecular weight is 857 g/mol. The van der Waals surface area contributed by atoms with Crippen molar-refractivity contribution in [2.24, 2.45) is 5.92 Å². The number of hydrogen-bond acceptors (Lipinski definition) is 10. The van der Waals surface area contributed by atoms with Crippen molar-refractivity contribution < 1.29 is 38.4 Å². The number of carbonyl (C=O) groups is 3. The normalized spacial score (nSPS) is 23.8. The highest BCUT2D eigenvalue weighted by Gasteiger charge is 2.74. The van der Waals surface area contributed by atoms with Crippen molar-refractivity contribution in [2.75, 3.05) is 62.2 Å². The zero-order valence-electron chi connectivity index (χ0n) is 35.3. The molecule has 2 amide bonds. The Kier molecular flexibility index (Phi) is 11.1. The third kappa shape index (κ3) is 7.13. The van der Waals surface area contributed by atoms with Crippen LogP contribution in [0.4, 0.5) is 17.1 Å². The number of hydrogen-bond donors (Lipinski definition) is 3.